The van der Waals surface area contributed by atoms with Crippen LogP contribution in [0.2, 0.25) is 0 Å². The minimum Gasteiger partial charge on any atom is -0.396 e. The zero-order valence-corrected chi connectivity index (χ0v) is 10.8. The van der Waals surface area contributed by atoms with Crippen molar-refractivity contribution in [3.8, 4) is 0 Å². The first-order valence-corrected chi connectivity index (χ1v) is 6.18. The number of hydrogen-bond acceptors (Lipinski definition) is 4. The van der Waals surface area contributed by atoms with Crippen LogP contribution in [0.5, 0.6) is 0 Å². The lowest BCUT2D eigenvalue weighted by molar-refractivity contribution is 0.0596. The Balaban J connectivity index is 4.47. The molecule has 0 saturated carbocycles. The summed E-state index contributed by atoms with van der Waals surface area (Å²) in [5, 5.41) is 27.0. The zero-order chi connectivity index (χ0) is 12.6. The first-order chi connectivity index (χ1) is 7.58. The Labute approximate surface area is 98.9 Å². The van der Waals surface area contributed by atoms with Gasteiger partial charge < -0.3 is 15.3 Å². The predicted octanol–water partition coefficient (Wildman–Crippen LogP) is 0.601. The summed E-state index contributed by atoms with van der Waals surface area (Å²) in [7, 11) is 0. The van der Waals surface area contributed by atoms with Crippen molar-refractivity contribution in [2.75, 3.05) is 19.8 Å². The topological polar surface area (TPSA) is 63.9 Å². The summed E-state index contributed by atoms with van der Waals surface area (Å²) in [6.07, 6.45) is 2.18. The highest BCUT2D eigenvalue weighted by atomic mass is 16.3. The fourth-order valence-electron chi connectivity index (χ4n) is 2.31. The second kappa shape index (κ2) is 8.93. The third-order valence-electron chi connectivity index (χ3n) is 3.17. The van der Waals surface area contributed by atoms with E-state index in [0.29, 0.717) is 0 Å². The average molecular weight is 233 g/mol. The standard InChI is InChI=1S/C12H27NO3/c1-10(4-7-14)13(11(2)5-8-15)12(3)6-9-16/h10-12,14-16H,4-9H2,1-3H3. The summed E-state index contributed by atoms with van der Waals surface area (Å²) in [6.45, 7) is 6.77. The molecule has 0 aliphatic carbocycles. The van der Waals surface area contributed by atoms with E-state index in [0.717, 1.165) is 19.3 Å². The lowest BCUT2D eigenvalue weighted by atomic mass is 10.0. The number of rotatable bonds is 9. The van der Waals surface area contributed by atoms with Crippen LogP contribution >= 0.6 is 0 Å². The van der Waals surface area contributed by atoms with Crippen LogP contribution in [0.4, 0.5) is 0 Å². The summed E-state index contributed by atoms with van der Waals surface area (Å²) >= 11 is 0. The fraction of sp³-hybridized carbons (Fsp3) is 1.00. The summed E-state index contributed by atoms with van der Waals surface area (Å²) < 4.78 is 0. The maximum Gasteiger partial charge on any atom is 0.0445 e. The van der Waals surface area contributed by atoms with E-state index in [1.165, 1.54) is 0 Å². The molecule has 0 aliphatic rings. The van der Waals surface area contributed by atoms with Crippen molar-refractivity contribution in [2.45, 2.75) is 58.2 Å². The molecule has 0 heterocycles. The van der Waals surface area contributed by atoms with E-state index >= 15 is 0 Å². The van der Waals surface area contributed by atoms with Crippen molar-refractivity contribution in [3.05, 3.63) is 0 Å². The van der Waals surface area contributed by atoms with Gasteiger partial charge in [-0.25, -0.2) is 0 Å². The maximum absolute atomic E-state index is 8.98. The highest BCUT2D eigenvalue weighted by Crippen LogP contribution is 2.17. The van der Waals surface area contributed by atoms with Crippen LogP contribution < -0.4 is 0 Å². The Bertz CT molecular complexity index is 138. The number of aliphatic hydroxyl groups excluding tert-OH is 3. The van der Waals surface area contributed by atoms with E-state index in [4.69, 9.17) is 15.3 Å². The quantitative estimate of drug-likeness (QED) is 0.546. The van der Waals surface area contributed by atoms with E-state index in [-0.39, 0.29) is 37.9 Å². The number of nitrogens with zero attached hydrogens (tertiary/aromatic N) is 1. The smallest absolute Gasteiger partial charge is 0.0445 e. The van der Waals surface area contributed by atoms with Gasteiger partial charge in [-0.05, 0) is 40.0 Å². The molecule has 0 rings (SSSR count). The van der Waals surface area contributed by atoms with E-state index in [1.807, 2.05) is 0 Å². The van der Waals surface area contributed by atoms with E-state index < -0.39 is 0 Å². The first kappa shape index (κ1) is 15.8. The van der Waals surface area contributed by atoms with Crippen LogP contribution in [0.15, 0.2) is 0 Å². The summed E-state index contributed by atoms with van der Waals surface area (Å²) in [5.41, 5.74) is 0. The molecule has 4 nitrogen and oxygen atoms in total. The fourth-order valence-corrected chi connectivity index (χ4v) is 2.31. The van der Waals surface area contributed by atoms with Gasteiger partial charge in [0.05, 0.1) is 0 Å². The minimum atomic E-state index is 0.176. The molecule has 0 aliphatic heterocycles. The molecular formula is C12H27NO3. The van der Waals surface area contributed by atoms with Gasteiger partial charge in [-0.15, -0.1) is 0 Å². The largest absolute Gasteiger partial charge is 0.396 e. The van der Waals surface area contributed by atoms with Gasteiger partial charge in [0.2, 0.25) is 0 Å². The monoisotopic (exact) mass is 233 g/mol. The molecule has 3 N–H and O–H groups in total. The third-order valence-corrected chi connectivity index (χ3v) is 3.17. The molecule has 0 aromatic rings. The SMILES string of the molecule is CC(CCO)N(C(C)CCO)C(C)CCO. The molecule has 0 aromatic carbocycles. The second-order valence-electron chi connectivity index (χ2n) is 4.53. The van der Waals surface area contributed by atoms with Crippen molar-refractivity contribution < 1.29 is 15.3 Å². The molecule has 3 unspecified atom stereocenters. The highest BCUT2D eigenvalue weighted by Gasteiger charge is 2.24. The van der Waals surface area contributed by atoms with Gasteiger partial charge in [0.1, 0.15) is 0 Å². The van der Waals surface area contributed by atoms with Crippen LogP contribution in [-0.2, 0) is 0 Å². The van der Waals surface area contributed by atoms with E-state index in [1.54, 1.807) is 0 Å². The Kier molecular flexibility index (Phi) is 8.84. The van der Waals surface area contributed by atoms with Crippen molar-refractivity contribution in [1.82, 2.24) is 4.90 Å². The minimum absolute atomic E-state index is 0.176. The molecule has 0 amide bonds. The Morgan fingerprint density at radius 2 is 0.938 bits per heavy atom. The summed E-state index contributed by atoms with van der Waals surface area (Å²) in [4.78, 5) is 2.28. The molecule has 0 bridgehead atoms. The number of hydrogen-bond donors (Lipinski definition) is 3. The van der Waals surface area contributed by atoms with Crippen LogP contribution in [0, 0.1) is 0 Å². The van der Waals surface area contributed by atoms with Crippen LogP contribution in [0.25, 0.3) is 0 Å². The molecular weight excluding hydrogens is 206 g/mol. The highest BCUT2D eigenvalue weighted by molar-refractivity contribution is 4.79. The summed E-state index contributed by atoms with van der Waals surface area (Å²) in [5.74, 6) is 0. The van der Waals surface area contributed by atoms with Crippen molar-refractivity contribution in [2.24, 2.45) is 0 Å². The molecule has 0 spiro atoms. The zero-order valence-electron chi connectivity index (χ0n) is 10.8. The van der Waals surface area contributed by atoms with Gasteiger partial charge in [-0.2, -0.15) is 0 Å². The summed E-state index contributed by atoms with van der Waals surface area (Å²) in [6, 6.07) is 0.814. The maximum atomic E-state index is 8.98. The van der Waals surface area contributed by atoms with Gasteiger partial charge in [-0.1, -0.05) is 0 Å². The van der Waals surface area contributed by atoms with Crippen molar-refractivity contribution in [3.63, 3.8) is 0 Å². The molecule has 98 valence electrons. The average Bonchev–Trinajstić information content (AvgIpc) is 2.19. The van der Waals surface area contributed by atoms with Gasteiger partial charge in [0.25, 0.3) is 0 Å². The number of aliphatic hydroxyl groups is 3. The lowest BCUT2D eigenvalue weighted by Crippen LogP contribution is -2.47. The van der Waals surface area contributed by atoms with Gasteiger partial charge in [0.15, 0.2) is 0 Å². The third kappa shape index (κ3) is 5.25. The predicted molar refractivity (Wildman–Crippen MR) is 65.3 cm³/mol. The Hall–Kier alpha value is -0.160. The van der Waals surface area contributed by atoms with Crippen LogP contribution in [-0.4, -0.2) is 58.2 Å². The molecule has 0 fully saturated rings. The van der Waals surface area contributed by atoms with Gasteiger partial charge >= 0.3 is 0 Å². The van der Waals surface area contributed by atoms with Crippen LogP contribution in [0.1, 0.15) is 40.0 Å². The Morgan fingerprint density at radius 3 is 1.12 bits per heavy atom. The molecule has 0 radical (unpaired) electrons. The molecule has 0 aromatic heterocycles. The second-order valence-corrected chi connectivity index (χ2v) is 4.53. The molecule has 0 saturated heterocycles. The first-order valence-electron chi connectivity index (χ1n) is 6.18. The van der Waals surface area contributed by atoms with Crippen LogP contribution in [0.3, 0.4) is 0 Å². The molecule has 16 heavy (non-hydrogen) atoms. The van der Waals surface area contributed by atoms with Gasteiger partial charge in [0, 0.05) is 37.9 Å². The van der Waals surface area contributed by atoms with Crippen molar-refractivity contribution >= 4 is 0 Å². The van der Waals surface area contributed by atoms with Gasteiger partial charge in [-0.3, -0.25) is 4.90 Å². The Morgan fingerprint density at radius 1 is 0.688 bits per heavy atom. The van der Waals surface area contributed by atoms with Crippen molar-refractivity contribution in [1.29, 1.82) is 0 Å². The van der Waals surface area contributed by atoms with E-state index in [2.05, 4.69) is 25.7 Å². The van der Waals surface area contributed by atoms with E-state index in [9.17, 15) is 0 Å². The molecule has 4 heteroatoms. The normalized spacial score (nSPS) is 17.4. The lowest BCUT2D eigenvalue weighted by Gasteiger charge is -2.39. The molecule has 3 atom stereocenters.